The summed E-state index contributed by atoms with van der Waals surface area (Å²) < 4.78 is 0. The molecule has 0 spiro atoms. The third kappa shape index (κ3) is 7.26. The Kier molecular flexibility index (Phi) is 7.66. The first-order valence-corrected chi connectivity index (χ1v) is 4.60. The average Bonchev–Trinajstić information content (AvgIpc) is 2.10. The fourth-order valence-corrected chi connectivity index (χ4v) is 0.676. The highest BCUT2D eigenvalue weighted by atomic mass is 14.7. The second-order valence-corrected chi connectivity index (χ2v) is 2.80. The standard InChI is InChI=1S/C11H19N/c1-4-6-9-12-10-7-8-11(3)5-2/h5,7-8,10H,4,6,9H2,1-3H3/b8-7-,11-5-,12-10+. The molecule has 0 aliphatic rings. The Morgan fingerprint density at radius 1 is 1.42 bits per heavy atom. The van der Waals surface area contributed by atoms with Gasteiger partial charge in [0.2, 0.25) is 0 Å². The zero-order valence-corrected chi connectivity index (χ0v) is 8.38. The molecule has 0 aromatic rings. The largest absolute Gasteiger partial charge is 0.293 e. The van der Waals surface area contributed by atoms with Crippen molar-refractivity contribution in [3.8, 4) is 0 Å². The molecule has 1 heteroatoms. The molecule has 0 saturated carbocycles. The summed E-state index contributed by atoms with van der Waals surface area (Å²) in [6.07, 6.45) is 10.4. The van der Waals surface area contributed by atoms with Gasteiger partial charge in [0.1, 0.15) is 0 Å². The number of hydrogen-bond donors (Lipinski definition) is 0. The summed E-state index contributed by atoms with van der Waals surface area (Å²) in [5, 5.41) is 0. The number of allylic oxidation sites excluding steroid dienone is 4. The molecule has 0 bridgehead atoms. The fourth-order valence-electron chi connectivity index (χ4n) is 0.676. The lowest BCUT2D eigenvalue weighted by Gasteiger charge is -1.87. The van der Waals surface area contributed by atoms with E-state index in [1.807, 2.05) is 19.2 Å². The molecule has 0 saturated heterocycles. The summed E-state index contributed by atoms with van der Waals surface area (Å²) in [4.78, 5) is 4.23. The van der Waals surface area contributed by atoms with E-state index >= 15 is 0 Å². The zero-order chi connectivity index (χ0) is 9.23. The first-order valence-electron chi connectivity index (χ1n) is 4.60. The minimum atomic E-state index is 0.954. The lowest BCUT2D eigenvalue weighted by Crippen LogP contribution is -1.78. The van der Waals surface area contributed by atoms with E-state index in [1.54, 1.807) is 0 Å². The van der Waals surface area contributed by atoms with Crippen LogP contribution in [0.2, 0.25) is 0 Å². The molecule has 1 nitrogen and oxygen atoms in total. The lowest BCUT2D eigenvalue weighted by atomic mass is 10.3. The second kappa shape index (κ2) is 8.25. The summed E-state index contributed by atoms with van der Waals surface area (Å²) in [6.45, 7) is 7.25. The van der Waals surface area contributed by atoms with Crippen LogP contribution in [0.4, 0.5) is 0 Å². The van der Waals surface area contributed by atoms with Crippen molar-refractivity contribution in [1.82, 2.24) is 0 Å². The lowest BCUT2D eigenvalue weighted by molar-refractivity contribution is 0.810. The van der Waals surface area contributed by atoms with Gasteiger partial charge in [-0.2, -0.15) is 0 Å². The molecule has 0 heterocycles. The van der Waals surface area contributed by atoms with Gasteiger partial charge >= 0.3 is 0 Å². The highest BCUT2D eigenvalue weighted by molar-refractivity contribution is 5.71. The molecule has 0 atom stereocenters. The Morgan fingerprint density at radius 3 is 2.75 bits per heavy atom. The predicted molar refractivity (Wildman–Crippen MR) is 56.8 cm³/mol. The van der Waals surface area contributed by atoms with Crippen LogP contribution in [0.1, 0.15) is 33.6 Å². The van der Waals surface area contributed by atoms with Crippen molar-refractivity contribution in [1.29, 1.82) is 0 Å². The Bertz CT molecular complexity index is 175. The van der Waals surface area contributed by atoms with E-state index in [0.717, 1.165) is 6.54 Å². The van der Waals surface area contributed by atoms with Gasteiger partial charge in [-0.05, 0) is 26.3 Å². The van der Waals surface area contributed by atoms with Gasteiger partial charge in [-0.3, -0.25) is 4.99 Å². The summed E-state index contributed by atoms with van der Waals surface area (Å²) in [5.41, 5.74) is 1.27. The summed E-state index contributed by atoms with van der Waals surface area (Å²) >= 11 is 0. The quantitative estimate of drug-likeness (QED) is 0.336. The van der Waals surface area contributed by atoms with Gasteiger partial charge in [0, 0.05) is 12.8 Å². The van der Waals surface area contributed by atoms with Crippen LogP contribution >= 0.6 is 0 Å². The molecule has 0 radical (unpaired) electrons. The molecule has 68 valence electrons. The third-order valence-corrected chi connectivity index (χ3v) is 1.65. The van der Waals surface area contributed by atoms with Crippen molar-refractivity contribution in [2.24, 2.45) is 4.99 Å². The van der Waals surface area contributed by atoms with E-state index < -0.39 is 0 Å². The molecule has 12 heavy (non-hydrogen) atoms. The van der Waals surface area contributed by atoms with E-state index in [4.69, 9.17) is 0 Å². The summed E-state index contributed by atoms with van der Waals surface area (Å²) in [6, 6.07) is 0. The van der Waals surface area contributed by atoms with Crippen LogP contribution in [0.15, 0.2) is 28.8 Å². The first-order chi connectivity index (χ1) is 5.81. The van der Waals surface area contributed by atoms with E-state index in [0.29, 0.717) is 0 Å². The average molecular weight is 165 g/mol. The maximum Gasteiger partial charge on any atom is 0.0389 e. The van der Waals surface area contributed by atoms with Crippen LogP contribution in [0, 0.1) is 0 Å². The van der Waals surface area contributed by atoms with Crippen LogP contribution in [0.25, 0.3) is 0 Å². The van der Waals surface area contributed by atoms with Crippen molar-refractivity contribution >= 4 is 6.21 Å². The van der Waals surface area contributed by atoms with E-state index in [2.05, 4.69) is 31.0 Å². The molecule has 0 aliphatic heterocycles. The first kappa shape index (κ1) is 11.2. The van der Waals surface area contributed by atoms with Gasteiger partial charge < -0.3 is 0 Å². The Morgan fingerprint density at radius 2 is 2.17 bits per heavy atom. The van der Waals surface area contributed by atoms with Gasteiger partial charge in [-0.15, -0.1) is 0 Å². The smallest absolute Gasteiger partial charge is 0.0389 e. The minimum absolute atomic E-state index is 0.954. The normalized spacial score (nSPS) is 13.4. The Balaban J connectivity index is 3.52. The van der Waals surface area contributed by atoms with Crippen LogP contribution < -0.4 is 0 Å². The van der Waals surface area contributed by atoms with Crippen molar-refractivity contribution in [3.05, 3.63) is 23.8 Å². The summed E-state index contributed by atoms with van der Waals surface area (Å²) in [7, 11) is 0. The maximum atomic E-state index is 4.23. The van der Waals surface area contributed by atoms with Gasteiger partial charge in [0.25, 0.3) is 0 Å². The molecule has 0 N–H and O–H groups in total. The molecule has 0 aromatic carbocycles. The fraction of sp³-hybridized carbons (Fsp3) is 0.545. The van der Waals surface area contributed by atoms with Crippen LogP contribution in [-0.2, 0) is 0 Å². The topological polar surface area (TPSA) is 12.4 Å². The van der Waals surface area contributed by atoms with Crippen molar-refractivity contribution in [2.75, 3.05) is 6.54 Å². The zero-order valence-electron chi connectivity index (χ0n) is 8.38. The SMILES string of the molecule is C\C=C(C)/C=C\C=N\CCCC. The molecule has 0 amide bonds. The van der Waals surface area contributed by atoms with E-state index in [-0.39, 0.29) is 0 Å². The van der Waals surface area contributed by atoms with Gasteiger partial charge in [-0.25, -0.2) is 0 Å². The third-order valence-electron chi connectivity index (χ3n) is 1.65. The van der Waals surface area contributed by atoms with E-state index in [1.165, 1.54) is 18.4 Å². The molecule has 0 aliphatic carbocycles. The molecule has 0 rings (SSSR count). The number of rotatable bonds is 5. The van der Waals surface area contributed by atoms with Crippen molar-refractivity contribution in [2.45, 2.75) is 33.6 Å². The number of hydrogen-bond acceptors (Lipinski definition) is 1. The number of unbranched alkanes of at least 4 members (excludes halogenated alkanes) is 1. The number of aliphatic imine (C=N–C) groups is 1. The predicted octanol–water partition coefficient (Wildman–Crippen LogP) is 3.38. The molecular weight excluding hydrogens is 146 g/mol. The van der Waals surface area contributed by atoms with Crippen LogP contribution in [-0.4, -0.2) is 12.8 Å². The Labute approximate surface area is 75.9 Å². The highest BCUT2D eigenvalue weighted by Crippen LogP contribution is 1.92. The monoisotopic (exact) mass is 165 g/mol. The van der Waals surface area contributed by atoms with Gasteiger partial charge in [0.05, 0.1) is 0 Å². The number of nitrogens with zero attached hydrogens (tertiary/aromatic N) is 1. The molecule has 0 fully saturated rings. The maximum absolute atomic E-state index is 4.23. The van der Waals surface area contributed by atoms with Gasteiger partial charge in [0.15, 0.2) is 0 Å². The van der Waals surface area contributed by atoms with E-state index in [9.17, 15) is 0 Å². The minimum Gasteiger partial charge on any atom is -0.293 e. The van der Waals surface area contributed by atoms with Crippen LogP contribution in [0.3, 0.4) is 0 Å². The molecule has 0 aromatic heterocycles. The Hall–Kier alpha value is -0.850. The van der Waals surface area contributed by atoms with Gasteiger partial charge in [-0.1, -0.05) is 31.1 Å². The highest BCUT2D eigenvalue weighted by Gasteiger charge is 1.76. The van der Waals surface area contributed by atoms with Crippen LogP contribution in [0.5, 0.6) is 0 Å². The molecule has 0 unspecified atom stereocenters. The van der Waals surface area contributed by atoms with Crippen molar-refractivity contribution in [3.63, 3.8) is 0 Å². The summed E-state index contributed by atoms with van der Waals surface area (Å²) in [5.74, 6) is 0. The van der Waals surface area contributed by atoms with Crippen molar-refractivity contribution < 1.29 is 0 Å². The second-order valence-electron chi connectivity index (χ2n) is 2.80. The molecular formula is C11H19N.